The lowest BCUT2D eigenvalue weighted by atomic mass is 9.80. The molecule has 0 radical (unpaired) electrons. The van der Waals surface area contributed by atoms with Crippen LogP contribution in [-0.2, 0) is 0 Å². The Morgan fingerprint density at radius 2 is 1.95 bits per heavy atom. The van der Waals surface area contributed by atoms with Crippen molar-refractivity contribution < 1.29 is 13.2 Å². The van der Waals surface area contributed by atoms with E-state index in [4.69, 9.17) is 0 Å². The summed E-state index contributed by atoms with van der Waals surface area (Å²) in [6, 6.07) is 2.23. The highest BCUT2D eigenvalue weighted by Crippen LogP contribution is 2.52. The Balaban J connectivity index is 1.93. The molecule has 0 saturated heterocycles. The van der Waals surface area contributed by atoms with Gasteiger partial charge in [-0.1, -0.05) is 19.4 Å². The molecule has 4 heteroatoms. The summed E-state index contributed by atoms with van der Waals surface area (Å²) in [6.07, 6.45) is 4.72. The van der Waals surface area contributed by atoms with Gasteiger partial charge in [0.05, 0.1) is 0 Å². The van der Waals surface area contributed by atoms with Gasteiger partial charge < -0.3 is 5.32 Å². The van der Waals surface area contributed by atoms with Crippen molar-refractivity contribution in [3.05, 3.63) is 35.1 Å². The van der Waals surface area contributed by atoms with Crippen LogP contribution in [0.25, 0.3) is 0 Å². The molecule has 110 valence electrons. The summed E-state index contributed by atoms with van der Waals surface area (Å²) < 4.78 is 40.7. The summed E-state index contributed by atoms with van der Waals surface area (Å²) in [5.74, 6) is -1.83. The van der Waals surface area contributed by atoms with Crippen LogP contribution in [0, 0.1) is 35.2 Å². The number of hydrogen-bond acceptors (Lipinski definition) is 1. The molecule has 0 aliphatic heterocycles. The Morgan fingerprint density at radius 3 is 2.55 bits per heavy atom. The molecule has 0 aromatic heterocycles. The van der Waals surface area contributed by atoms with Crippen LogP contribution in [0.4, 0.5) is 13.2 Å². The molecule has 20 heavy (non-hydrogen) atoms. The Bertz CT molecular complexity index is 503. The minimum atomic E-state index is -1.35. The number of halogens is 3. The zero-order valence-corrected chi connectivity index (χ0v) is 11.6. The zero-order valence-electron chi connectivity index (χ0n) is 11.6. The molecule has 0 heterocycles. The third-order valence-electron chi connectivity index (χ3n) is 5.05. The summed E-state index contributed by atoms with van der Waals surface area (Å²) in [7, 11) is 0. The SMILES string of the molecule is CCNC(c1ccc(F)c(F)c1F)C1CC2CCC1C2. The molecular formula is C16H20F3N. The number of benzene rings is 1. The molecule has 2 saturated carbocycles. The predicted molar refractivity (Wildman–Crippen MR) is 71.7 cm³/mol. The van der Waals surface area contributed by atoms with Crippen molar-refractivity contribution in [1.82, 2.24) is 5.32 Å². The van der Waals surface area contributed by atoms with Gasteiger partial charge in [0, 0.05) is 11.6 Å². The van der Waals surface area contributed by atoms with Gasteiger partial charge in [0.2, 0.25) is 0 Å². The summed E-state index contributed by atoms with van der Waals surface area (Å²) >= 11 is 0. The first-order valence-electron chi connectivity index (χ1n) is 7.48. The highest BCUT2D eigenvalue weighted by molar-refractivity contribution is 5.25. The van der Waals surface area contributed by atoms with Gasteiger partial charge in [-0.2, -0.15) is 0 Å². The molecule has 4 atom stereocenters. The van der Waals surface area contributed by atoms with Crippen LogP contribution in [0.15, 0.2) is 12.1 Å². The molecule has 1 aromatic rings. The van der Waals surface area contributed by atoms with Crippen molar-refractivity contribution in [1.29, 1.82) is 0 Å². The highest BCUT2D eigenvalue weighted by Gasteiger charge is 2.44. The van der Waals surface area contributed by atoms with Crippen LogP contribution < -0.4 is 5.32 Å². The smallest absolute Gasteiger partial charge is 0.194 e. The van der Waals surface area contributed by atoms with Crippen LogP contribution in [0.5, 0.6) is 0 Å². The molecule has 2 bridgehead atoms. The van der Waals surface area contributed by atoms with Gasteiger partial charge in [-0.25, -0.2) is 13.2 Å². The van der Waals surface area contributed by atoms with Gasteiger partial charge in [-0.3, -0.25) is 0 Å². The normalized spacial score (nSPS) is 29.9. The van der Waals surface area contributed by atoms with E-state index in [1.807, 2.05) is 6.92 Å². The molecule has 2 aliphatic carbocycles. The Hall–Kier alpha value is -1.03. The van der Waals surface area contributed by atoms with Crippen LogP contribution in [0.3, 0.4) is 0 Å². The van der Waals surface area contributed by atoms with E-state index in [9.17, 15) is 13.2 Å². The second-order valence-electron chi connectivity index (χ2n) is 6.14. The quantitative estimate of drug-likeness (QED) is 0.817. The van der Waals surface area contributed by atoms with Gasteiger partial charge >= 0.3 is 0 Å². The number of fused-ring (bicyclic) bond motifs is 2. The maximum absolute atomic E-state index is 14.1. The van der Waals surface area contributed by atoms with E-state index in [2.05, 4.69) is 5.32 Å². The van der Waals surface area contributed by atoms with E-state index in [-0.39, 0.29) is 11.6 Å². The van der Waals surface area contributed by atoms with Gasteiger partial charge in [0.1, 0.15) is 0 Å². The zero-order chi connectivity index (χ0) is 14.3. The second kappa shape index (κ2) is 5.40. The highest BCUT2D eigenvalue weighted by atomic mass is 19.2. The average Bonchev–Trinajstić information content (AvgIpc) is 3.06. The van der Waals surface area contributed by atoms with Crippen LogP contribution in [0.2, 0.25) is 0 Å². The van der Waals surface area contributed by atoms with Gasteiger partial charge in [-0.05, 0) is 49.6 Å². The summed E-state index contributed by atoms with van der Waals surface area (Å²) in [6.45, 7) is 2.65. The van der Waals surface area contributed by atoms with Crippen LogP contribution in [-0.4, -0.2) is 6.54 Å². The molecule has 1 aromatic carbocycles. The standard InChI is InChI=1S/C16H20F3N/c1-2-20-16(12-8-9-3-4-10(12)7-9)11-5-6-13(17)15(19)14(11)18/h5-6,9-10,12,16,20H,2-4,7-8H2,1H3. The van der Waals surface area contributed by atoms with Gasteiger partial charge in [0.25, 0.3) is 0 Å². The third kappa shape index (κ3) is 2.24. The third-order valence-corrected chi connectivity index (χ3v) is 5.05. The molecule has 3 rings (SSSR count). The summed E-state index contributed by atoms with van der Waals surface area (Å²) in [4.78, 5) is 0. The molecule has 1 N–H and O–H groups in total. The van der Waals surface area contributed by atoms with E-state index >= 15 is 0 Å². The summed E-state index contributed by atoms with van der Waals surface area (Å²) in [5.41, 5.74) is 0.281. The number of rotatable bonds is 4. The predicted octanol–water partition coefficient (Wildman–Crippen LogP) is 4.19. The number of nitrogens with one attached hydrogen (secondary N) is 1. The van der Waals surface area contributed by atoms with Crippen molar-refractivity contribution >= 4 is 0 Å². The first-order chi connectivity index (χ1) is 9.61. The molecular weight excluding hydrogens is 263 g/mol. The monoisotopic (exact) mass is 283 g/mol. The fraction of sp³-hybridized carbons (Fsp3) is 0.625. The lowest BCUT2D eigenvalue weighted by Crippen LogP contribution is -2.32. The van der Waals surface area contributed by atoms with Crippen molar-refractivity contribution in [2.45, 2.75) is 38.6 Å². The van der Waals surface area contributed by atoms with Crippen LogP contribution in [0.1, 0.15) is 44.2 Å². The average molecular weight is 283 g/mol. The summed E-state index contributed by atoms with van der Waals surface area (Å²) in [5, 5.41) is 3.28. The Labute approximate surface area is 117 Å². The van der Waals surface area contributed by atoms with Crippen molar-refractivity contribution in [2.75, 3.05) is 6.54 Å². The maximum Gasteiger partial charge on any atom is 0.194 e. The van der Waals surface area contributed by atoms with E-state index in [0.717, 1.165) is 18.4 Å². The molecule has 2 fully saturated rings. The molecule has 0 spiro atoms. The van der Waals surface area contributed by atoms with Crippen molar-refractivity contribution in [2.24, 2.45) is 17.8 Å². The lowest BCUT2D eigenvalue weighted by Gasteiger charge is -2.31. The van der Waals surface area contributed by atoms with E-state index in [1.54, 1.807) is 0 Å². The second-order valence-corrected chi connectivity index (χ2v) is 6.14. The fourth-order valence-electron chi connectivity index (χ4n) is 4.20. The molecule has 0 amide bonds. The van der Waals surface area contributed by atoms with E-state index in [0.29, 0.717) is 18.4 Å². The first-order valence-corrected chi connectivity index (χ1v) is 7.48. The fourth-order valence-corrected chi connectivity index (χ4v) is 4.20. The molecule has 2 aliphatic rings. The van der Waals surface area contributed by atoms with Crippen LogP contribution >= 0.6 is 0 Å². The Morgan fingerprint density at radius 1 is 1.15 bits per heavy atom. The molecule has 4 unspecified atom stereocenters. The van der Waals surface area contributed by atoms with Crippen molar-refractivity contribution in [3.63, 3.8) is 0 Å². The largest absolute Gasteiger partial charge is 0.310 e. The topological polar surface area (TPSA) is 12.0 Å². The van der Waals surface area contributed by atoms with E-state index in [1.165, 1.54) is 25.3 Å². The number of hydrogen-bond donors (Lipinski definition) is 1. The maximum atomic E-state index is 14.1. The molecule has 1 nitrogen and oxygen atoms in total. The van der Waals surface area contributed by atoms with Gasteiger partial charge in [-0.15, -0.1) is 0 Å². The van der Waals surface area contributed by atoms with Gasteiger partial charge in [0.15, 0.2) is 17.5 Å². The van der Waals surface area contributed by atoms with E-state index < -0.39 is 17.5 Å². The van der Waals surface area contributed by atoms with Crippen molar-refractivity contribution in [3.8, 4) is 0 Å². The lowest BCUT2D eigenvalue weighted by molar-refractivity contribution is 0.246. The minimum Gasteiger partial charge on any atom is -0.310 e. The Kier molecular flexibility index (Phi) is 3.76. The minimum absolute atomic E-state index is 0.203. The first kappa shape index (κ1) is 13.9.